The lowest BCUT2D eigenvalue weighted by Crippen LogP contribution is -2.39. The van der Waals surface area contributed by atoms with Crippen LogP contribution in [0.3, 0.4) is 0 Å². The number of aryl methyl sites for hydroxylation is 1. The average molecular weight is 487 g/mol. The number of nitrogens with zero attached hydrogens (tertiary/aromatic N) is 2. The minimum Gasteiger partial charge on any atom is -0.497 e. The van der Waals surface area contributed by atoms with E-state index in [-0.39, 0.29) is 4.90 Å². The zero-order valence-corrected chi connectivity index (χ0v) is 20.9. The van der Waals surface area contributed by atoms with Crippen LogP contribution in [-0.4, -0.2) is 46.0 Å². The minimum atomic E-state index is -3.54. The smallest absolute Gasteiger partial charge is 0.185 e. The van der Waals surface area contributed by atoms with Crippen molar-refractivity contribution >= 4 is 26.3 Å². The third kappa shape index (κ3) is 5.01. The number of sulfone groups is 1. The van der Waals surface area contributed by atoms with Gasteiger partial charge in [-0.15, -0.1) is 11.3 Å². The molecule has 0 atom stereocenters. The summed E-state index contributed by atoms with van der Waals surface area (Å²) in [5.74, 6) is 0.859. The second kappa shape index (κ2) is 10.1. The fourth-order valence-electron chi connectivity index (χ4n) is 4.22. The van der Waals surface area contributed by atoms with Crippen LogP contribution in [0.15, 0.2) is 52.7 Å². The van der Waals surface area contributed by atoms with E-state index in [1.165, 1.54) is 19.8 Å². The average Bonchev–Trinajstić information content (AvgIpc) is 3.35. The van der Waals surface area contributed by atoms with Gasteiger partial charge in [-0.25, -0.2) is 13.4 Å². The number of thiazole rings is 1. The third-order valence-corrected chi connectivity index (χ3v) is 9.29. The lowest BCUT2D eigenvalue weighted by atomic mass is 10.1. The fourth-order valence-corrected chi connectivity index (χ4v) is 7.01. The Bertz CT molecular complexity index is 1180. The van der Waals surface area contributed by atoms with E-state index < -0.39 is 15.1 Å². The van der Waals surface area contributed by atoms with Gasteiger partial charge in [-0.2, -0.15) is 0 Å². The highest BCUT2D eigenvalue weighted by atomic mass is 32.2. The summed E-state index contributed by atoms with van der Waals surface area (Å²) in [7, 11) is -0.525. The first kappa shape index (κ1) is 23.6. The Kier molecular flexibility index (Phi) is 7.24. The van der Waals surface area contributed by atoms with E-state index in [2.05, 4.69) is 41.5 Å². The van der Waals surface area contributed by atoms with E-state index in [0.717, 1.165) is 29.2 Å². The summed E-state index contributed by atoms with van der Waals surface area (Å²) in [6.45, 7) is 3.49. The van der Waals surface area contributed by atoms with Gasteiger partial charge in [0.2, 0.25) is 0 Å². The monoisotopic (exact) mass is 486 g/mol. The van der Waals surface area contributed by atoms with Crippen molar-refractivity contribution in [3.05, 3.63) is 53.4 Å². The number of benzene rings is 2. The predicted octanol–water partition coefficient (Wildman–Crippen LogP) is 5.22. The van der Waals surface area contributed by atoms with E-state index in [9.17, 15) is 8.42 Å². The molecule has 176 valence electrons. The number of piperidine rings is 1. The minimum absolute atomic E-state index is 0.200. The number of ether oxygens (including phenoxy) is 2. The SMILES string of the molecule is CCCc1ccc(-c2csc(N3CCC(S(=O)(=O)c4cc(OC)ccc4OC)CC3)n2)cc1. The van der Waals surface area contributed by atoms with E-state index in [1.807, 2.05) is 0 Å². The highest BCUT2D eigenvalue weighted by Crippen LogP contribution is 2.35. The molecule has 0 radical (unpaired) electrons. The van der Waals surface area contributed by atoms with Crippen molar-refractivity contribution in [3.63, 3.8) is 0 Å². The summed E-state index contributed by atoms with van der Waals surface area (Å²) < 4.78 is 37.3. The molecule has 2 aromatic carbocycles. The molecule has 0 bridgehead atoms. The summed E-state index contributed by atoms with van der Waals surface area (Å²) >= 11 is 1.61. The van der Waals surface area contributed by atoms with Gasteiger partial charge in [0.15, 0.2) is 15.0 Å². The molecule has 4 rings (SSSR count). The van der Waals surface area contributed by atoms with Crippen LogP contribution >= 0.6 is 11.3 Å². The van der Waals surface area contributed by atoms with Crippen LogP contribution in [-0.2, 0) is 16.3 Å². The highest BCUT2D eigenvalue weighted by molar-refractivity contribution is 7.92. The van der Waals surface area contributed by atoms with Gasteiger partial charge >= 0.3 is 0 Å². The fraction of sp³-hybridized carbons (Fsp3) is 0.400. The van der Waals surface area contributed by atoms with Crippen molar-refractivity contribution in [3.8, 4) is 22.8 Å². The first-order valence-electron chi connectivity index (χ1n) is 11.2. The number of anilines is 1. The third-order valence-electron chi connectivity index (χ3n) is 6.11. The second-order valence-electron chi connectivity index (χ2n) is 8.21. The molecule has 0 aliphatic carbocycles. The molecule has 2 heterocycles. The number of aromatic nitrogens is 1. The van der Waals surface area contributed by atoms with E-state index in [4.69, 9.17) is 14.5 Å². The van der Waals surface area contributed by atoms with Gasteiger partial charge < -0.3 is 14.4 Å². The molecule has 0 unspecified atom stereocenters. The van der Waals surface area contributed by atoms with E-state index >= 15 is 0 Å². The van der Waals surface area contributed by atoms with Crippen LogP contribution in [0.4, 0.5) is 5.13 Å². The maximum Gasteiger partial charge on any atom is 0.185 e. The summed E-state index contributed by atoms with van der Waals surface area (Å²) in [4.78, 5) is 7.22. The summed E-state index contributed by atoms with van der Waals surface area (Å²) in [5.41, 5.74) is 3.42. The van der Waals surface area contributed by atoms with Crippen LogP contribution < -0.4 is 14.4 Å². The van der Waals surface area contributed by atoms with Gasteiger partial charge in [-0.05, 0) is 37.0 Å². The highest BCUT2D eigenvalue weighted by Gasteiger charge is 2.34. The lowest BCUT2D eigenvalue weighted by molar-refractivity contribution is 0.391. The number of hydrogen-bond acceptors (Lipinski definition) is 7. The van der Waals surface area contributed by atoms with Crippen LogP contribution in [0.25, 0.3) is 11.3 Å². The molecule has 6 nitrogen and oxygen atoms in total. The Morgan fingerprint density at radius 2 is 1.79 bits per heavy atom. The quantitative estimate of drug-likeness (QED) is 0.435. The Hall–Kier alpha value is -2.58. The summed E-state index contributed by atoms with van der Waals surface area (Å²) in [6, 6.07) is 13.5. The molecule has 33 heavy (non-hydrogen) atoms. The molecule has 1 fully saturated rings. The zero-order chi connectivity index (χ0) is 23.4. The molecule has 0 spiro atoms. The predicted molar refractivity (Wildman–Crippen MR) is 134 cm³/mol. The first-order chi connectivity index (χ1) is 16.0. The molecule has 3 aromatic rings. The number of methoxy groups -OCH3 is 2. The molecule has 1 aliphatic heterocycles. The Balaban J connectivity index is 1.45. The molecular weight excluding hydrogens is 456 g/mol. The van der Waals surface area contributed by atoms with Crippen LogP contribution in [0.2, 0.25) is 0 Å². The maximum atomic E-state index is 13.4. The van der Waals surface area contributed by atoms with E-state index in [1.54, 1.807) is 29.5 Å². The molecule has 1 aromatic heterocycles. The first-order valence-corrected chi connectivity index (χ1v) is 13.6. The molecule has 0 N–H and O–H groups in total. The van der Waals surface area contributed by atoms with Gasteiger partial charge in [0, 0.05) is 30.1 Å². The summed E-state index contributed by atoms with van der Waals surface area (Å²) in [6.07, 6.45) is 3.31. The Morgan fingerprint density at radius 3 is 2.42 bits per heavy atom. The largest absolute Gasteiger partial charge is 0.497 e. The molecular formula is C25H30N2O4S2. The topological polar surface area (TPSA) is 68.7 Å². The van der Waals surface area contributed by atoms with Crippen molar-refractivity contribution in [1.29, 1.82) is 0 Å². The van der Waals surface area contributed by atoms with Crippen molar-refractivity contribution in [2.24, 2.45) is 0 Å². The zero-order valence-electron chi connectivity index (χ0n) is 19.3. The van der Waals surface area contributed by atoms with Gasteiger partial charge in [-0.3, -0.25) is 0 Å². The van der Waals surface area contributed by atoms with Gasteiger partial charge in [0.05, 0.1) is 25.2 Å². The van der Waals surface area contributed by atoms with Crippen LogP contribution in [0.1, 0.15) is 31.7 Å². The molecule has 1 saturated heterocycles. The number of rotatable bonds is 8. The molecule has 0 saturated carbocycles. The lowest BCUT2D eigenvalue weighted by Gasteiger charge is -2.31. The number of hydrogen-bond donors (Lipinski definition) is 0. The van der Waals surface area contributed by atoms with Crippen LogP contribution in [0, 0.1) is 0 Å². The molecule has 8 heteroatoms. The summed E-state index contributed by atoms with van der Waals surface area (Å²) in [5, 5.41) is 2.56. The molecule has 0 amide bonds. The van der Waals surface area contributed by atoms with Crippen molar-refractivity contribution in [2.75, 3.05) is 32.2 Å². The van der Waals surface area contributed by atoms with Gasteiger partial charge in [-0.1, -0.05) is 37.6 Å². The van der Waals surface area contributed by atoms with Crippen LogP contribution in [0.5, 0.6) is 11.5 Å². The standard InChI is InChI=1S/C25H30N2O4S2/c1-4-5-18-6-8-19(9-7-18)22-17-32-25(26-22)27-14-12-21(13-15-27)33(28,29)24-16-20(30-2)10-11-23(24)31-3/h6-11,16-17,21H,4-5,12-15H2,1-3H3. The maximum absolute atomic E-state index is 13.4. The van der Waals surface area contributed by atoms with E-state index in [0.29, 0.717) is 37.4 Å². The Morgan fingerprint density at radius 1 is 1.06 bits per heavy atom. The normalized spacial score (nSPS) is 14.9. The van der Waals surface area contributed by atoms with Crippen molar-refractivity contribution in [2.45, 2.75) is 42.8 Å². The second-order valence-corrected chi connectivity index (χ2v) is 11.2. The van der Waals surface area contributed by atoms with Gasteiger partial charge in [0.25, 0.3) is 0 Å². The molecule has 1 aliphatic rings. The Labute approximate surface area is 200 Å². The van der Waals surface area contributed by atoms with Crippen molar-refractivity contribution < 1.29 is 17.9 Å². The van der Waals surface area contributed by atoms with Gasteiger partial charge in [0.1, 0.15) is 16.4 Å². The van der Waals surface area contributed by atoms with Crippen molar-refractivity contribution in [1.82, 2.24) is 4.98 Å².